The van der Waals surface area contributed by atoms with E-state index in [2.05, 4.69) is 4.98 Å². The summed E-state index contributed by atoms with van der Waals surface area (Å²) < 4.78 is 0. The molecule has 1 heterocycles. The fraction of sp³-hybridized carbons (Fsp3) is 0.143. The summed E-state index contributed by atoms with van der Waals surface area (Å²) in [5, 5.41) is 8.57. The van der Waals surface area contributed by atoms with Gasteiger partial charge in [-0.15, -0.1) is 0 Å². The molecule has 0 spiro atoms. The van der Waals surface area contributed by atoms with Gasteiger partial charge in [-0.2, -0.15) is 5.26 Å². The highest BCUT2D eigenvalue weighted by molar-refractivity contribution is 5.62. The van der Waals surface area contributed by atoms with Gasteiger partial charge in [-0.3, -0.25) is 4.98 Å². The van der Waals surface area contributed by atoms with E-state index in [0.29, 0.717) is 0 Å². The number of aromatic nitrogens is 1. The summed E-state index contributed by atoms with van der Waals surface area (Å²) in [7, 11) is 0. The van der Waals surface area contributed by atoms with E-state index in [-0.39, 0.29) is 12.5 Å². The van der Waals surface area contributed by atoms with Crippen LogP contribution in [0.4, 0.5) is 0 Å². The molecule has 0 aliphatic rings. The van der Waals surface area contributed by atoms with E-state index in [1.807, 2.05) is 48.5 Å². The van der Waals surface area contributed by atoms with Crippen LogP contribution >= 0.6 is 0 Å². The van der Waals surface area contributed by atoms with Crippen LogP contribution in [0, 0.1) is 11.3 Å². The van der Waals surface area contributed by atoms with E-state index in [9.17, 15) is 0 Å². The minimum atomic E-state index is -0.301. The molecule has 17 heavy (non-hydrogen) atoms. The lowest BCUT2D eigenvalue weighted by molar-refractivity contribution is 0.720. The number of hydrogen-bond acceptors (Lipinski definition) is 3. The molecular formula is C14H13N3. The summed E-state index contributed by atoms with van der Waals surface area (Å²) in [6, 6.07) is 15.6. The zero-order valence-corrected chi connectivity index (χ0v) is 9.38. The Bertz CT molecular complexity index is 511. The van der Waals surface area contributed by atoms with Crippen LogP contribution in [0.1, 0.15) is 18.2 Å². The van der Waals surface area contributed by atoms with Gasteiger partial charge < -0.3 is 5.73 Å². The Balaban J connectivity index is 2.22. The summed E-state index contributed by atoms with van der Waals surface area (Å²) in [4.78, 5) is 4.30. The smallest absolute Gasteiger partial charge is 0.0642 e. The van der Waals surface area contributed by atoms with Gasteiger partial charge in [-0.1, -0.05) is 36.4 Å². The van der Waals surface area contributed by atoms with E-state index in [0.717, 1.165) is 16.8 Å². The van der Waals surface area contributed by atoms with E-state index >= 15 is 0 Å². The molecule has 84 valence electrons. The monoisotopic (exact) mass is 223 g/mol. The van der Waals surface area contributed by atoms with Gasteiger partial charge in [0, 0.05) is 11.8 Å². The standard InChI is InChI=1S/C14H13N3/c15-9-8-13(16)14-7-6-12(10-17-14)11-4-2-1-3-5-11/h1-7,10,13H,8,16H2. The van der Waals surface area contributed by atoms with Crippen LogP contribution in [-0.2, 0) is 0 Å². The van der Waals surface area contributed by atoms with E-state index < -0.39 is 0 Å². The van der Waals surface area contributed by atoms with Crippen LogP contribution in [0.3, 0.4) is 0 Å². The molecule has 3 heteroatoms. The Morgan fingerprint density at radius 2 is 1.88 bits per heavy atom. The molecule has 2 aromatic rings. The van der Waals surface area contributed by atoms with Crippen LogP contribution in [0.5, 0.6) is 0 Å². The molecule has 2 N–H and O–H groups in total. The fourth-order valence-corrected chi connectivity index (χ4v) is 1.63. The Kier molecular flexibility index (Phi) is 3.49. The molecule has 0 radical (unpaired) electrons. The Morgan fingerprint density at radius 1 is 1.12 bits per heavy atom. The second kappa shape index (κ2) is 5.24. The summed E-state index contributed by atoms with van der Waals surface area (Å²) in [5.41, 5.74) is 8.74. The second-order valence-electron chi connectivity index (χ2n) is 3.81. The van der Waals surface area contributed by atoms with Crippen LogP contribution in [0.15, 0.2) is 48.7 Å². The normalized spacial score (nSPS) is 11.8. The quantitative estimate of drug-likeness (QED) is 0.870. The first-order valence-corrected chi connectivity index (χ1v) is 5.45. The molecule has 1 aromatic carbocycles. The molecular weight excluding hydrogens is 210 g/mol. The fourth-order valence-electron chi connectivity index (χ4n) is 1.63. The number of pyridine rings is 1. The average molecular weight is 223 g/mol. The van der Waals surface area contributed by atoms with Crippen molar-refractivity contribution in [2.45, 2.75) is 12.5 Å². The SMILES string of the molecule is N#CCC(N)c1ccc(-c2ccccc2)cn1. The number of hydrogen-bond donors (Lipinski definition) is 1. The van der Waals surface area contributed by atoms with Crippen molar-refractivity contribution in [2.75, 3.05) is 0 Å². The largest absolute Gasteiger partial charge is 0.322 e. The molecule has 1 unspecified atom stereocenters. The van der Waals surface area contributed by atoms with Gasteiger partial charge in [0.2, 0.25) is 0 Å². The molecule has 0 bridgehead atoms. The van der Waals surface area contributed by atoms with Gasteiger partial charge in [0.1, 0.15) is 0 Å². The average Bonchev–Trinajstić information content (AvgIpc) is 2.40. The van der Waals surface area contributed by atoms with E-state index in [1.165, 1.54) is 0 Å². The molecule has 2 rings (SSSR count). The minimum absolute atomic E-state index is 0.289. The van der Waals surface area contributed by atoms with E-state index in [4.69, 9.17) is 11.0 Å². The highest BCUT2D eigenvalue weighted by Crippen LogP contribution is 2.19. The maximum atomic E-state index is 8.57. The first-order chi connectivity index (χ1) is 8.31. The molecule has 0 saturated heterocycles. The Hall–Kier alpha value is -2.18. The number of nitriles is 1. The van der Waals surface area contributed by atoms with E-state index in [1.54, 1.807) is 6.20 Å². The molecule has 0 amide bonds. The van der Waals surface area contributed by atoms with Gasteiger partial charge in [-0.05, 0) is 11.6 Å². The molecule has 3 nitrogen and oxygen atoms in total. The highest BCUT2D eigenvalue weighted by Gasteiger charge is 2.06. The minimum Gasteiger partial charge on any atom is -0.322 e. The molecule has 0 aliphatic heterocycles. The van der Waals surface area contributed by atoms with Crippen LogP contribution in [0.2, 0.25) is 0 Å². The van der Waals surface area contributed by atoms with Crippen molar-refractivity contribution in [1.29, 1.82) is 5.26 Å². The highest BCUT2D eigenvalue weighted by atomic mass is 14.8. The molecule has 1 aromatic heterocycles. The summed E-state index contributed by atoms with van der Waals surface area (Å²) >= 11 is 0. The first-order valence-electron chi connectivity index (χ1n) is 5.45. The zero-order chi connectivity index (χ0) is 12.1. The van der Waals surface area contributed by atoms with Crippen LogP contribution < -0.4 is 5.73 Å². The second-order valence-corrected chi connectivity index (χ2v) is 3.81. The number of benzene rings is 1. The maximum Gasteiger partial charge on any atom is 0.0642 e. The van der Waals surface area contributed by atoms with Crippen molar-refractivity contribution in [3.8, 4) is 17.2 Å². The van der Waals surface area contributed by atoms with Gasteiger partial charge in [0.25, 0.3) is 0 Å². The lowest BCUT2D eigenvalue weighted by Crippen LogP contribution is -2.10. The van der Waals surface area contributed by atoms with Crippen molar-refractivity contribution in [3.63, 3.8) is 0 Å². The van der Waals surface area contributed by atoms with Crippen molar-refractivity contribution >= 4 is 0 Å². The van der Waals surface area contributed by atoms with Gasteiger partial charge >= 0.3 is 0 Å². The van der Waals surface area contributed by atoms with Crippen LogP contribution in [0.25, 0.3) is 11.1 Å². The van der Waals surface area contributed by atoms with Crippen LogP contribution in [-0.4, -0.2) is 4.98 Å². The van der Waals surface area contributed by atoms with Crippen molar-refractivity contribution in [3.05, 3.63) is 54.4 Å². The summed E-state index contributed by atoms with van der Waals surface area (Å²) in [6.45, 7) is 0. The van der Waals surface area contributed by atoms with Crippen molar-refractivity contribution in [1.82, 2.24) is 4.98 Å². The topological polar surface area (TPSA) is 62.7 Å². The summed E-state index contributed by atoms with van der Waals surface area (Å²) in [6.07, 6.45) is 2.08. The zero-order valence-electron chi connectivity index (χ0n) is 9.38. The molecule has 0 fully saturated rings. The van der Waals surface area contributed by atoms with Gasteiger partial charge in [-0.25, -0.2) is 0 Å². The third-order valence-corrected chi connectivity index (χ3v) is 2.58. The molecule has 1 atom stereocenters. The number of nitrogens with zero attached hydrogens (tertiary/aromatic N) is 2. The van der Waals surface area contributed by atoms with Crippen molar-refractivity contribution in [2.24, 2.45) is 5.73 Å². The van der Waals surface area contributed by atoms with Gasteiger partial charge in [0.05, 0.1) is 24.2 Å². The lowest BCUT2D eigenvalue weighted by atomic mass is 10.1. The predicted octanol–water partition coefficient (Wildman–Crippen LogP) is 2.66. The van der Waals surface area contributed by atoms with Gasteiger partial charge in [0.15, 0.2) is 0 Å². The maximum absolute atomic E-state index is 8.57. The third kappa shape index (κ3) is 2.68. The van der Waals surface area contributed by atoms with Crippen molar-refractivity contribution < 1.29 is 0 Å². The molecule has 0 saturated carbocycles. The lowest BCUT2D eigenvalue weighted by Gasteiger charge is -2.07. The predicted molar refractivity (Wildman–Crippen MR) is 66.8 cm³/mol. The summed E-state index contributed by atoms with van der Waals surface area (Å²) in [5.74, 6) is 0. The number of rotatable bonds is 3. The first kappa shape index (κ1) is 11.3. The Labute approximate surface area is 101 Å². The third-order valence-electron chi connectivity index (χ3n) is 2.58. The Morgan fingerprint density at radius 3 is 2.47 bits per heavy atom. The molecule has 0 aliphatic carbocycles. The number of nitrogens with two attached hydrogens (primary N) is 1.